The second-order valence-electron chi connectivity index (χ2n) is 14.2. The molecular formula is C51H29N. The van der Waals surface area contributed by atoms with E-state index in [0.29, 0.717) is 0 Å². The number of pyridine rings is 1. The van der Waals surface area contributed by atoms with Gasteiger partial charge in [-0.15, -0.1) is 0 Å². The fourth-order valence-corrected chi connectivity index (χ4v) is 9.50. The predicted molar refractivity (Wildman–Crippen MR) is 223 cm³/mol. The number of hydrogen-bond acceptors (Lipinski definition) is 1. The van der Waals surface area contributed by atoms with Crippen molar-refractivity contribution in [3.8, 4) is 33.5 Å². The zero-order valence-electron chi connectivity index (χ0n) is 28.2. The van der Waals surface area contributed by atoms with Crippen LogP contribution in [-0.4, -0.2) is 4.98 Å². The Morgan fingerprint density at radius 2 is 0.846 bits per heavy atom. The van der Waals surface area contributed by atoms with Crippen molar-refractivity contribution in [2.45, 2.75) is 0 Å². The second kappa shape index (κ2) is 10.4. The third-order valence-corrected chi connectivity index (χ3v) is 11.5. The van der Waals surface area contributed by atoms with Crippen molar-refractivity contribution >= 4 is 86.2 Å². The highest BCUT2D eigenvalue weighted by Gasteiger charge is 2.26. The first kappa shape index (κ1) is 27.9. The maximum Gasteiger partial charge on any atom is 0.0702 e. The molecule has 1 heteroatoms. The van der Waals surface area contributed by atoms with Crippen LogP contribution in [0.25, 0.3) is 120 Å². The number of aromatic nitrogens is 1. The van der Waals surface area contributed by atoms with Crippen molar-refractivity contribution in [3.05, 3.63) is 176 Å². The molecule has 0 amide bonds. The minimum absolute atomic E-state index is 0.991. The van der Waals surface area contributed by atoms with Crippen LogP contribution in [-0.2, 0) is 0 Å². The summed E-state index contributed by atoms with van der Waals surface area (Å²) < 4.78 is 0. The first-order chi connectivity index (χ1) is 25.8. The maximum absolute atomic E-state index is 4.69. The fourth-order valence-electron chi connectivity index (χ4n) is 9.50. The van der Waals surface area contributed by atoms with E-state index in [4.69, 9.17) is 4.98 Å². The van der Waals surface area contributed by atoms with Crippen molar-refractivity contribution in [2.75, 3.05) is 0 Å². The Bertz CT molecular complexity index is 3360. The van der Waals surface area contributed by atoms with E-state index in [0.717, 1.165) is 11.3 Å². The smallest absolute Gasteiger partial charge is 0.0702 e. The molecule has 0 aliphatic carbocycles. The van der Waals surface area contributed by atoms with Gasteiger partial charge in [0, 0.05) is 11.8 Å². The highest BCUT2D eigenvalue weighted by molar-refractivity contribution is 6.46. The van der Waals surface area contributed by atoms with E-state index in [1.54, 1.807) is 0 Å². The van der Waals surface area contributed by atoms with Crippen LogP contribution in [0, 0.1) is 0 Å². The fraction of sp³-hybridized carbons (Fsp3) is 0. The van der Waals surface area contributed by atoms with Gasteiger partial charge in [-0.05, 0) is 139 Å². The summed E-state index contributed by atoms with van der Waals surface area (Å²) in [4.78, 5) is 4.69. The average Bonchev–Trinajstić information content (AvgIpc) is 3.72. The first-order valence-corrected chi connectivity index (χ1v) is 18.0. The summed E-state index contributed by atoms with van der Waals surface area (Å²) in [5, 5.41) is 20.9. The Morgan fingerprint density at radius 1 is 0.269 bits per heavy atom. The third-order valence-electron chi connectivity index (χ3n) is 11.5. The lowest BCUT2D eigenvalue weighted by atomic mass is 9.84. The largest absolute Gasteiger partial charge is 0.256 e. The summed E-state index contributed by atoms with van der Waals surface area (Å²) in [6.07, 6.45) is 1.88. The molecule has 0 aliphatic heterocycles. The van der Waals surface area contributed by atoms with E-state index in [-0.39, 0.29) is 0 Å². The lowest BCUT2D eigenvalue weighted by Crippen LogP contribution is -1.91. The Labute approximate surface area is 299 Å². The molecule has 0 spiro atoms. The molecule has 0 aliphatic rings. The van der Waals surface area contributed by atoms with E-state index in [1.807, 2.05) is 12.3 Å². The Hall–Kier alpha value is -6.83. The van der Waals surface area contributed by atoms with Crippen LogP contribution in [0.2, 0.25) is 0 Å². The standard InChI is InChI=1S/C51H29N/c1-3-13-30(14-4-1)45-43-29-41-35-18-8-7-17-34(35)36-19-11-21-38(47(36)41)49(43)46(31-15-5-2-6-16-31)51-42-27-32-24-25-33(44-23-9-10-26-52-44)28-40(32)37-20-12-22-39(48(37)42)50(45)51/h1-29H. The van der Waals surface area contributed by atoms with Gasteiger partial charge in [-0.2, -0.15) is 0 Å². The van der Waals surface area contributed by atoms with Crippen LogP contribution in [0.4, 0.5) is 0 Å². The lowest BCUT2D eigenvalue weighted by Gasteiger charge is -2.19. The Morgan fingerprint density at radius 3 is 1.58 bits per heavy atom. The highest BCUT2D eigenvalue weighted by Crippen LogP contribution is 2.55. The minimum Gasteiger partial charge on any atom is -0.256 e. The SMILES string of the molecule is c1ccc(-c2c3cc4c5ccccc5c5cccc(c3c(-c3ccccc3)c3c6cc7ccc(-c8ccccn8)cc7c7cccc(c23)c76)c54)cc1. The van der Waals surface area contributed by atoms with Crippen molar-refractivity contribution in [2.24, 2.45) is 0 Å². The van der Waals surface area contributed by atoms with Gasteiger partial charge in [0.25, 0.3) is 0 Å². The van der Waals surface area contributed by atoms with Crippen molar-refractivity contribution in [1.29, 1.82) is 0 Å². The van der Waals surface area contributed by atoms with E-state index in [1.165, 1.54) is 108 Å². The molecule has 0 saturated carbocycles. The van der Waals surface area contributed by atoms with Gasteiger partial charge >= 0.3 is 0 Å². The molecule has 0 saturated heterocycles. The van der Waals surface area contributed by atoms with Crippen LogP contribution in [0.3, 0.4) is 0 Å². The van der Waals surface area contributed by atoms with Gasteiger partial charge < -0.3 is 0 Å². The summed E-state index contributed by atoms with van der Waals surface area (Å²) in [6, 6.07) is 62.9. The highest BCUT2D eigenvalue weighted by atomic mass is 14.7. The minimum atomic E-state index is 0.991. The van der Waals surface area contributed by atoms with Crippen LogP contribution in [0.5, 0.6) is 0 Å². The Balaban J connectivity index is 1.38. The van der Waals surface area contributed by atoms with E-state index in [9.17, 15) is 0 Å². The predicted octanol–water partition coefficient (Wildman–Crippen LogP) is 14.2. The maximum atomic E-state index is 4.69. The number of fused-ring (bicyclic) bond motifs is 10. The molecule has 0 radical (unpaired) electrons. The summed E-state index contributed by atoms with van der Waals surface area (Å²) >= 11 is 0. The average molecular weight is 656 g/mol. The molecule has 238 valence electrons. The number of benzene rings is 9. The summed E-state index contributed by atoms with van der Waals surface area (Å²) in [7, 11) is 0. The van der Waals surface area contributed by atoms with E-state index < -0.39 is 0 Å². The molecule has 0 atom stereocenters. The van der Waals surface area contributed by atoms with Crippen LogP contribution in [0.15, 0.2) is 176 Å². The second-order valence-corrected chi connectivity index (χ2v) is 14.2. The quantitative estimate of drug-likeness (QED) is 0.173. The molecule has 1 aromatic heterocycles. The molecule has 0 N–H and O–H groups in total. The molecule has 0 bridgehead atoms. The van der Waals surface area contributed by atoms with Gasteiger partial charge in [-0.3, -0.25) is 4.98 Å². The van der Waals surface area contributed by atoms with Gasteiger partial charge in [0.05, 0.1) is 5.69 Å². The molecule has 52 heavy (non-hydrogen) atoms. The molecule has 0 unspecified atom stereocenters. The zero-order chi connectivity index (χ0) is 33.9. The summed E-state index contributed by atoms with van der Waals surface area (Å²) in [5.41, 5.74) is 7.22. The van der Waals surface area contributed by atoms with Gasteiger partial charge in [-0.25, -0.2) is 0 Å². The monoisotopic (exact) mass is 655 g/mol. The normalized spacial score (nSPS) is 12.2. The molecule has 12 aromatic rings. The third kappa shape index (κ3) is 3.64. The topological polar surface area (TPSA) is 12.9 Å². The number of rotatable bonds is 3. The zero-order valence-corrected chi connectivity index (χ0v) is 28.2. The van der Waals surface area contributed by atoms with Gasteiger partial charge in [-0.1, -0.05) is 140 Å². The molecular weight excluding hydrogens is 627 g/mol. The molecule has 12 rings (SSSR count). The molecule has 1 nitrogen and oxygen atoms in total. The van der Waals surface area contributed by atoms with Crippen molar-refractivity contribution in [3.63, 3.8) is 0 Å². The Kier molecular flexibility index (Phi) is 5.56. The molecule has 0 fully saturated rings. The first-order valence-electron chi connectivity index (χ1n) is 18.0. The van der Waals surface area contributed by atoms with Crippen molar-refractivity contribution in [1.82, 2.24) is 4.98 Å². The van der Waals surface area contributed by atoms with Crippen LogP contribution < -0.4 is 0 Å². The van der Waals surface area contributed by atoms with E-state index >= 15 is 0 Å². The van der Waals surface area contributed by atoms with Gasteiger partial charge in [0.15, 0.2) is 0 Å². The van der Waals surface area contributed by atoms with E-state index in [2.05, 4.69) is 164 Å². The number of nitrogens with zero attached hydrogens (tertiary/aromatic N) is 1. The summed E-state index contributed by atoms with van der Waals surface area (Å²) in [6.45, 7) is 0. The van der Waals surface area contributed by atoms with Gasteiger partial charge in [0.2, 0.25) is 0 Å². The number of hydrogen-bond donors (Lipinski definition) is 0. The molecule has 11 aromatic carbocycles. The molecule has 1 heterocycles. The van der Waals surface area contributed by atoms with Crippen LogP contribution in [0.1, 0.15) is 0 Å². The van der Waals surface area contributed by atoms with Gasteiger partial charge in [0.1, 0.15) is 0 Å². The van der Waals surface area contributed by atoms with Crippen LogP contribution >= 0.6 is 0 Å². The lowest BCUT2D eigenvalue weighted by molar-refractivity contribution is 1.33. The van der Waals surface area contributed by atoms with Crippen molar-refractivity contribution < 1.29 is 0 Å². The summed E-state index contributed by atoms with van der Waals surface area (Å²) in [5.74, 6) is 0.